The fraction of sp³-hybridized carbons (Fsp3) is 0.200. The van der Waals surface area contributed by atoms with Gasteiger partial charge in [-0.25, -0.2) is 10.8 Å². The van der Waals surface area contributed by atoms with Gasteiger partial charge in [0.05, 0.1) is 22.1 Å². The number of nitrogens with one attached hydrogen (secondary N) is 1. The lowest BCUT2D eigenvalue weighted by Crippen LogP contribution is -2.22. The SMILES string of the molecule is Cc1c([N+](=O)[O-])cn(Cc2cnc(NN)s2)c(=O)c1Br. The predicted molar refractivity (Wildman–Crippen MR) is 78.8 cm³/mol. The summed E-state index contributed by atoms with van der Waals surface area (Å²) in [5.74, 6) is 5.23. The van der Waals surface area contributed by atoms with Crippen LogP contribution in [0.4, 0.5) is 10.8 Å². The molecule has 2 heterocycles. The maximum absolute atomic E-state index is 12.1. The summed E-state index contributed by atoms with van der Waals surface area (Å²) in [7, 11) is 0. The monoisotopic (exact) mass is 359 g/mol. The van der Waals surface area contributed by atoms with Gasteiger partial charge in [-0.1, -0.05) is 11.3 Å². The van der Waals surface area contributed by atoms with E-state index in [0.717, 1.165) is 4.88 Å². The van der Waals surface area contributed by atoms with Crippen LogP contribution in [0.25, 0.3) is 0 Å². The lowest BCUT2D eigenvalue weighted by atomic mass is 10.2. The van der Waals surface area contributed by atoms with Crippen molar-refractivity contribution < 1.29 is 4.92 Å². The molecule has 10 heteroatoms. The number of hydrogen-bond donors (Lipinski definition) is 2. The molecule has 0 spiro atoms. The third-order valence-corrected chi connectivity index (χ3v) is 4.49. The highest BCUT2D eigenvalue weighted by molar-refractivity contribution is 9.10. The van der Waals surface area contributed by atoms with E-state index in [1.54, 1.807) is 6.20 Å². The molecule has 2 aromatic rings. The smallest absolute Gasteiger partial charge is 0.289 e. The first-order chi connectivity index (χ1) is 9.43. The molecule has 3 N–H and O–H groups in total. The molecule has 20 heavy (non-hydrogen) atoms. The van der Waals surface area contributed by atoms with Crippen LogP contribution in [-0.2, 0) is 6.54 Å². The minimum Gasteiger partial charge on any atom is -0.302 e. The standard InChI is InChI=1S/C10H10BrN5O3S/c1-5-7(16(18)19)4-15(9(17)8(5)11)3-6-2-13-10(14-12)20-6/h2,4H,3,12H2,1H3,(H,13,14). The Hall–Kier alpha value is -1.78. The van der Waals surface area contributed by atoms with Gasteiger partial charge in [0.2, 0.25) is 0 Å². The molecule has 0 aliphatic carbocycles. The van der Waals surface area contributed by atoms with Gasteiger partial charge in [0, 0.05) is 16.6 Å². The van der Waals surface area contributed by atoms with E-state index in [1.807, 2.05) is 0 Å². The van der Waals surface area contributed by atoms with Crippen molar-refractivity contribution in [2.24, 2.45) is 5.84 Å². The molecule has 0 aliphatic heterocycles. The summed E-state index contributed by atoms with van der Waals surface area (Å²) in [6, 6.07) is 0. The Morgan fingerprint density at radius 3 is 2.90 bits per heavy atom. The average molecular weight is 360 g/mol. The van der Waals surface area contributed by atoms with E-state index >= 15 is 0 Å². The molecule has 2 rings (SSSR count). The first-order valence-electron chi connectivity index (χ1n) is 5.39. The van der Waals surface area contributed by atoms with Gasteiger partial charge >= 0.3 is 0 Å². The lowest BCUT2D eigenvalue weighted by molar-refractivity contribution is -0.386. The highest BCUT2D eigenvalue weighted by Crippen LogP contribution is 2.23. The van der Waals surface area contributed by atoms with E-state index in [9.17, 15) is 14.9 Å². The van der Waals surface area contributed by atoms with Crippen molar-refractivity contribution in [2.45, 2.75) is 13.5 Å². The number of halogens is 1. The summed E-state index contributed by atoms with van der Waals surface area (Å²) in [5.41, 5.74) is 2.27. The Bertz CT molecular complexity index is 726. The van der Waals surface area contributed by atoms with Crippen LogP contribution in [0.15, 0.2) is 21.7 Å². The van der Waals surface area contributed by atoms with Gasteiger partial charge in [-0.05, 0) is 22.9 Å². The maximum atomic E-state index is 12.1. The van der Waals surface area contributed by atoms with E-state index < -0.39 is 4.92 Å². The number of nitrogens with zero attached hydrogens (tertiary/aromatic N) is 3. The van der Waals surface area contributed by atoms with E-state index in [1.165, 1.54) is 29.0 Å². The van der Waals surface area contributed by atoms with Crippen LogP contribution in [0.1, 0.15) is 10.4 Å². The summed E-state index contributed by atoms with van der Waals surface area (Å²) >= 11 is 4.37. The fourth-order valence-corrected chi connectivity index (χ4v) is 2.77. The molecule has 0 fully saturated rings. The van der Waals surface area contributed by atoms with E-state index in [2.05, 4.69) is 26.3 Å². The third-order valence-electron chi connectivity index (χ3n) is 2.64. The molecule has 0 unspecified atom stereocenters. The average Bonchev–Trinajstić information content (AvgIpc) is 2.86. The van der Waals surface area contributed by atoms with Crippen LogP contribution in [0, 0.1) is 17.0 Å². The van der Waals surface area contributed by atoms with Crippen LogP contribution in [-0.4, -0.2) is 14.5 Å². The molecule has 0 amide bonds. The molecule has 0 aromatic carbocycles. The molecular formula is C10H10BrN5O3S. The van der Waals surface area contributed by atoms with Crippen molar-refractivity contribution in [2.75, 3.05) is 5.43 Å². The molecule has 8 nitrogen and oxygen atoms in total. The second-order valence-electron chi connectivity index (χ2n) is 3.92. The molecule has 0 saturated carbocycles. The van der Waals surface area contributed by atoms with Gasteiger partial charge in [-0.2, -0.15) is 0 Å². The first-order valence-corrected chi connectivity index (χ1v) is 7.00. The molecule has 0 atom stereocenters. The predicted octanol–water partition coefficient (Wildman–Crippen LogP) is 1.62. The number of nitro groups is 1. The number of aromatic nitrogens is 2. The largest absolute Gasteiger partial charge is 0.302 e. The number of pyridine rings is 1. The van der Waals surface area contributed by atoms with Gasteiger partial charge in [-0.15, -0.1) is 0 Å². The molecule has 0 bridgehead atoms. The second-order valence-corrected chi connectivity index (χ2v) is 5.83. The Balaban J connectivity index is 2.46. The van der Waals surface area contributed by atoms with Crippen LogP contribution < -0.4 is 16.8 Å². The summed E-state index contributed by atoms with van der Waals surface area (Å²) in [6.07, 6.45) is 2.80. The van der Waals surface area contributed by atoms with Crippen molar-refractivity contribution >= 4 is 38.1 Å². The quantitative estimate of drug-likeness (QED) is 0.486. The molecule has 106 valence electrons. The van der Waals surface area contributed by atoms with Gasteiger partial charge < -0.3 is 4.57 Å². The Labute approximate surface area is 125 Å². The zero-order chi connectivity index (χ0) is 14.9. The first kappa shape index (κ1) is 14.6. The molecule has 2 aromatic heterocycles. The number of thiazole rings is 1. The molecule has 0 aliphatic rings. The minimum absolute atomic E-state index is 0.113. The number of anilines is 1. The Morgan fingerprint density at radius 1 is 1.65 bits per heavy atom. The zero-order valence-electron chi connectivity index (χ0n) is 10.3. The Kier molecular flexibility index (Phi) is 4.16. The number of hydrogen-bond acceptors (Lipinski definition) is 7. The number of nitrogen functional groups attached to an aromatic ring is 1. The highest BCUT2D eigenvalue weighted by atomic mass is 79.9. The van der Waals surface area contributed by atoms with Gasteiger partial charge in [0.25, 0.3) is 11.2 Å². The fourth-order valence-electron chi connectivity index (χ4n) is 1.62. The molecule has 0 saturated heterocycles. The van der Waals surface area contributed by atoms with Crippen molar-refractivity contribution in [3.8, 4) is 0 Å². The van der Waals surface area contributed by atoms with Crippen molar-refractivity contribution in [1.82, 2.24) is 9.55 Å². The summed E-state index contributed by atoms with van der Waals surface area (Å²) in [6.45, 7) is 1.72. The molecule has 0 radical (unpaired) electrons. The number of rotatable bonds is 4. The van der Waals surface area contributed by atoms with Crippen molar-refractivity contribution in [1.29, 1.82) is 0 Å². The van der Waals surface area contributed by atoms with E-state index in [4.69, 9.17) is 5.84 Å². The van der Waals surface area contributed by atoms with E-state index in [0.29, 0.717) is 10.7 Å². The number of hydrazine groups is 1. The van der Waals surface area contributed by atoms with Crippen LogP contribution in [0.2, 0.25) is 0 Å². The maximum Gasteiger partial charge on any atom is 0.289 e. The van der Waals surface area contributed by atoms with Crippen molar-refractivity contribution in [3.05, 3.63) is 47.8 Å². The topological polar surface area (TPSA) is 116 Å². The lowest BCUT2D eigenvalue weighted by Gasteiger charge is -2.07. The number of nitrogens with two attached hydrogens (primary N) is 1. The van der Waals surface area contributed by atoms with Gasteiger partial charge in [0.1, 0.15) is 0 Å². The van der Waals surface area contributed by atoms with Gasteiger partial charge in [-0.3, -0.25) is 20.3 Å². The highest BCUT2D eigenvalue weighted by Gasteiger charge is 2.18. The van der Waals surface area contributed by atoms with Gasteiger partial charge in [0.15, 0.2) is 5.13 Å². The minimum atomic E-state index is -0.518. The normalized spacial score (nSPS) is 10.6. The van der Waals surface area contributed by atoms with E-state index in [-0.39, 0.29) is 22.3 Å². The third kappa shape index (κ3) is 2.71. The van der Waals surface area contributed by atoms with Crippen molar-refractivity contribution in [3.63, 3.8) is 0 Å². The summed E-state index contributed by atoms with van der Waals surface area (Å²) in [5, 5.41) is 11.5. The Morgan fingerprint density at radius 2 is 2.35 bits per heavy atom. The van der Waals surface area contributed by atoms with Crippen LogP contribution >= 0.6 is 27.3 Å². The zero-order valence-corrected chi connectivity index (χ0v) is 12.7. The van der Waals surface area contributed by atoms with Crippen LogP contribution in [0.5, 0.6) is 0 Å². The summed E-state index contributed by atoms with van der Waals surface area (Å²) < 4.78 is 1.46. The van der Waals surface area contributed by atoms with Crippen LogP contribution in [0.3, 0.4) is 0 Å². The molecular weight excluding hydrogens is 350 g/mol. The second kappa shape index (κ2) is 5.69. The summed E-state index contributed by atoms with van der Waals surface area (Å²) in [4.78, 5) is 27.3.